The van der Waals surface area contributed by atoms with Crippen molar-refractivity contribution < 1.29 is 14.2 Å². The van der Waals surface area contributed by atoms with E-state index in [0.717, 1.165) is 17.7 Å². The highest BCUT2D eigenvalue weighted by Gasteiger charge is 2.10. The molecule has 0 unspecified atom stereocenters. The zero-order valence-electron chi connectivity index (χ0n) is 10.1. The first-order valence-corrected chi connectivity index (χ1v) is 5.25. The van der Waals surface area contributed by atoms with Crippen LogP contribution in [-0.4, -0.2) is 20.8 Å². The molecule has 0 aliphatic carbocycles. The fraction of sp³-hybridized carbons (Fsp3) is 0.385. The molecule has 0 radical (unpaired) electrons. The minimum Gasteiger partial charge on any atom is -0.493 e. The van der Waals surface area contributed by atoms with Crippen molar-refractivity contribution in [1.82, 2.24) is 0 Å². The van der Waals surface area contributed by atoms with Gasteiger partial charge < -0.3 is 14.2 Å². The fourth-order valence-corrected chi connectivity index (χ4v) is 1.51. The number of rotatable bonds is 6. The highest BCUT2D eigenvalue weighted by atomic mass is 16.5. The molecule has 0 aromatic heterocycles. The summed E-state index contributed by atoms with van der Waals surface area (Å²) in [6, 6.07) is 3.77. The molecule has 0 spiro atoms. The Hall–Kier alpha value is -1.64. The van der Waals surface area contributed by atoms with Crippen LogP contribution in [0.1, 0.15) is 12.5 Å². The van der Waals surface area contributed by atoms with Crippen LogP contribution in [0.4, 0.5) is 0 Å². The molecule has 16 heavy (non-hydrogen) atoms. The lowest BCUT2D eigenvalue weighted by molar-refractivity contribution is 0.324. The van der Waals surface area contributed by atoms with Crippen LogP contribution in [0.15, 0.2) is 24.8 Å². The number of hydrogen-bond donors (Lipinski definition) is 0. The molecule has 0 N–H and O–H groups in total. The lowest BCUT2D eigenvalue weighted by Gasteiger charge is -2.14. The van der Waals surface area contributed by atoms with Crippen LogP contribution in [0.5, 0.6) is 17.2 Å². The first-order valence-electron chi connectivity index (χ1n) is 5.25. The number of ether oxygens (including phenoxy) is 3. The van der Waals surface area contributed by atoms with Crippen molar-refractivity contribution >= 4 is 0 Å². The number of hydrogen-bond acceptors (Lipinski definition) is 3. The average molecular weight is 222 g/mol. The van der Waals surface area contributed by atoms with Crippen molar-refractivity contribution in [2.45, 2.75) is 13.3 Å². The first-order chi connectivity index (χ1) is 7.76. The topological polar surface area (TPSA) is 27.7 Å². The van der Waals surface area contributed by atoms with Gasteiger partial charge in [0.1, 0.15) is 5.75 Å². The zero-order valence-corrected chi connectivity index (χ0v) is 10.1. The smallest absolute Gasteiger partial charge is 0.164 e. The maximum Gasteiger partial charge on any atom is 0.164 e. The molecule has 0 saturated heterocycles. The van der Waals surface area contributed by atoms with Crippen molar-refractivity contribution in [3.05, 3.63) is 30.4 Å². The van der Waals surface area contributed by atoms with Crippen LogP contribution >= 0.6 is 0 Å². The van der Waals surface area contributed by atoms with Crippen molar-refractivity contribution in [1.29, 1.82) is 0 Å². The molecule has 1 aromatic carbocycles. The minimum atomic E-state index is 0.625. The number of benzene rings is 1. The van der Waals surface area contributed by atoms with E-state index in [1.54, 1.807) is 14.2 Å². The normalized spacial score (nSPS) is 9.69. The summed E-state index contributed by atoms with van der Waals surface area (Å²) in [6.45, 7) is 6.31. The Kier molecular flexibility index (Phi) is 4.70. The van der Waals surface area contributed by atoms with Gasteiger partial charge in [-0.2, -0.15) is 0 Å². The van der Waals surface area contributed by atoms with Gasteiger partial charge in [0.25, 0.3) is 0 Å². The molecule has 3 nitrogen and oxygen atoms in total. The summed E-state index contributed by atoms with van der Waals surface area (Å²) in [5.41, 5.74) is 1.05. The van der Waals surface area contributed by atoms with Gasteiger partial charge in [-0.25, -0.2) is 0 Å². The third kappa shape index (κ3) is 2.69. The van der Waals surface area contributed by atoms with Gasteiger partial charge in [0.2, 0.25) is 0 Å². The van der Waals surface area contributed by atoms with Crippen molar-refractivity contribution in [3.8, 4) is 17.2 Å². The van der Waals surface area contributed by atoms with Gasteiger partial charge >= 0.3 is 0 Å². The van der Waals surface area contributed by atoms with Gasteiger partial charge in [0.05, 0.1) is 20.8 Å². The number of methoxy groups -OCH3 is 2. The van der Waals surface area contributed by atoms with E-state index in [4.69, 9.17) is 14.2 Å². The molecule has 0 aliphatic rings. The summed E-state index contributed by atoms with van der Waals surface area (Å²) in [6.07, 6.45) is 2.58. The predicted molar refractivity (Wildman–Crippen MR) is 64.6 cm³/mol. The quantitative estimate of drug-likeness (QED) is 0.693. The summed E-state index contributed by atoms with van der Waals surface area (Å²) >= 11 is 0. The standard InChI is InChI=1S/C13H18O3/c1-5-7-10-8-12(14-3)13(15-4)9-11(10)16-6-2/h5,8-9H,1,6-7H2,2-4H3. The number of allylic oxidation sites excluding steroid dienone is 1. The van der Waals surface area contributed by atoms with Gasteiger partial charge in [-0.05, 0) is 19.4 Å². The summed E-state index contributed by atoms with van der Waals surface area (Å²) in [4.78, 5) is 0. The molecule has 0 fully saturated rings. The van der Waals surface area contributed by atoms with Crippen LogP contribution in [0.2, 0.25) is 0 Å². The van der Waals surface area contributed by atoms with Crippen LogP contribution < -0.4 is 14.2 Å². The second kappa shape index (κ2) is 6.05. The van der Waals surface area contributed by atoms with Crippen LogP contribution in [0, 0.1) is 0 Å². The first kappa shape index (κ1) is 12.4. The Labute approximate surface area is 96.6 Å². The van der Waals surface area contributed by atoms with Crippen LogP contribution in [0.3, 0.4) is 0 Å². The Morgan fingerprint density at radius 3 is 2.25 bits per heavy atom. The molecule has 0 bridgehead atoms. The van der Waals surface area contributed by atoms with Gasteiger partial charge in [0, 0.05) is 11.6 Å². The van der Waals surface area contributed by atoms with E-state index in [0.29, 0.717) is 18.1 Å². The molecule has 0 atom stereocenters. The molecule has 0 amide bonds. The van der Waals surface area contributed by atoms with E-state index in [2.05, 4.69) is 6.58 Å². The molecule has 3 heteroatoms. The highest BCUT2D eigenvalue weighted by molar-refractivity contribution is 5.51. The molecular formula is C13H18O3. The van der Waals surface area contributed by atoms with Gasteiger partial charge in [0.15, 0.2) is 11.5 Å². The molecule has 0 aliphatic heterocycles. The largest absolute Gasteiger partial charge is 0.493 e. The molecule has 0 heterocycles. The maximum absolute atomic E-state index is 5.55. The molecule has 0 saturated carbocycles. The predicted octanol–water partition coefficient (Wildman–Crippen LogP) is 2.83. The van der Waals surface area contributed by atoms with E-state index < -0.39 is 0 Å². The van der Waals surface area contributed by atoms with E-state index in [1.807, 2.05) is 25.1 Å². The van der Waals surface area contributed by atoms with Gasteiger partial charge in [-0.15, -0.1) is 6.58 Å². The second-order valence-electron chi connectivity index (χ2n) is 3.24. The lowest BCUT2D eigenvalue weighted by Crippen LogP contribution is -1.99. The Bertz CT molecular complexity index is 358. The molecule has 88 valence electrons. The van der Waals surface area contributed by atoms with Gasteiger partial charge in [-0.3, -0.25) is 0 Å². The zero-order chi connectivity index (χ0) is 12.0. The Morgan fingerprint density at radius 2 is 1.75 bits per heavy atom. The van der Waals surface area contributed by atoms with Crippen molar-refractivity contribution in [2.75, 3.05) is 20.8 Å². The molecular weight excluding hydrogens is 204 g/mol. The molecule has 1 aromatic rings. The third-order valence-corrected chi connectivity index (χ3v) is 2.23. The van der Waals surface area contributed by atoms with E-state index in [1.165, 1.54) is 0 Å². The SMILES string of the molecule is C=CCc1cc(OC)c(OC)cc1OCC. The minimum absolute atomic E-state index is 0.625. The lowest BCUT2D eigenvalue weighted by atomic mass is 10.1. The van der Waals surface area contributed by atoms with Crippen molar-refractivity contribution in [2.24, 2.45) is 0 Å². The summed E-state index contributed by atoms with van der Waals surface area (Å²) in [5.74, 6) is 2.21. The van der Waals surface area contributed by atoms with Crippen molar-refractivity contribution in [3.63, 3.8) is 0 Å². The van der Waals surface area contributed by atoms with Crippen LogP contribution in [0.25, 0.3) is 0 Å². The van der Waals surface area contributed by atoms with E-state index in [-0.39, 0.29) is 0 Å². The monoisotopic (exact) mass is 222 g/mol. The Morgan fingerprint density at radius 1 is 1.12 bits per heavy atom. The van der Waals surface area contributed by atoms with E-state index in [9.17, 15) is 0 Å². The summed E-state index contributed by atoms with van der Waals surface area (Å²) in [5, 5.41) is 0. The third-order valence-electron chi connectivity index (χ3n) is 2.23. The maximum atomic E-state index is 5.55. The summed E-state index contributed by atoms with van der Waals surface area (Å²) < 4.78 is 16.0. The highest BCUT2D eigenvalue weighted by Crippen LogP contribution is 2.35. The summed E-state index contributed by atoms with van der Waals surface area (Å²) in [7, 11) is 3.23. The second-order valence-corrected chi connectivity index (χ2v) is 3.24. The molecule has 1 rings (SSSR count). The average Bonchev–Trinajstić information content (AvgIpc) is 2.31. The van der Waals surface area contributed by atoms with E-state index >= 15 is 0 Å². The Balaban J connectivity index is 3.17. The van der Waals surface area contributed by atoms with Gasteiger partial charge in [-0.1, -0.05) is 6.08 Å². The van der Waals surface area contributed by atoms with Crippen LogP contribution in [-0.2, 0) is 6.42 Å². The fourth-order valence-electron chi connectivity index (χ4n) is 1.51.